The predicted molar refractivity (Wildman–Crippen MR) is 93.7 cm³/mol. The number of aliphatic hydroxyl groups is 1. The molecule has 136 valence electrons. The summed E-state index contributed by atoms with van der Waals surface area (Å²) in [5.74, 6) is 0. The molecular formula is C20H26O5. The van der Waals surface area contributed by atoms with Crippen LogP contribution in [-0.2, 0) is 18.9 Å². The van der Waals surface area contributed by atoms with Gasteiger partial charge < -0.3 is 24.1 Å². The number of ether oxygens (including phenoxy) is 4. The minimum Gasteiger partial charge on any atom is -0.380 e. The van der Waals surface area contributed by atoms with Gasteiger partial charge >= 0.3 is 0 Å². The van der Waals surface area contributed by atoms with E-state index in [1.165, 1.54) is 13.2 Å². The fourth-order valence-corrected chi connectivity index (χ4v) is 3.89. The number of hydrogen-bond donors (Lipinski definition) is 1. The van der Waals surface area contributed by atoms with Crippen molar-refractivity contribution in [3.05, 3.63) is 61.2 Å². The molecule has 0 aliphatic carbocycles. The number of fused-ring (bicyclic) bond motifs is 1. The Labute approximate surface area is 148 Å². The van der Waals surface area contributed by atoms with Crippen molar-refractivity contribution in [2.24, 2.45) is 5.41 Å². The SMILES string of the molecule is C=CC[C@@]1(C)[C@@H]2O[C@H](c3ccccc3)OC[C@H]2O[C@H](OC)[C@@]1(O)C=C. The molecule has 0 spiro atoms. The van der Waals surface area contributed by atoms with Gasteiger partial charge in [0.05, 0.1) is 12.7 Å². The Hall–Kier alpha value is -1.50. The molecule has 1 aromatic carbocycles. The third kappa shape index (κ3) is 2.86. The summed E-state index contributed by atoms with van der Waals surface area (Å²) in [6.45, 7) is 9.97. The maximum absolute atomic E-state index is 11.3. The molecule has 25 heavy (non-hydrogen) atoms. The second-order valence-corrected chi connectivity index (χ2v) is 6.81. The van der Waals surface area contributed by atoms with E-state index in [2.05, 4.69) is 13.2 Å². The third-order valence-corrected chi connectivity index (χ3v) is 5.39. The van der Waals surface area contributed by atoms with E-state index in [9.17, 15) is 5.11 Å². The quantitative estimate of drug-likeness (QED) is 0.831. The highest BCUT2D eigenvalue weighted by atomic mass is 16.7. The Kier molecular flexibility index (Phi) is 5.14. The molecular weight excluding hydrogens is 320 g/mol. The van der Waals surface area contributed by atoms with Crippen LogP contribution in [-0.4, -0.2) is 42.9 Å². The van der Waals surface area contributed by atoms with Crippen LogP contribution in [0.2, 0.25) is 0 Å². The van der Waals surface area contributed by atoms with Crippen molar-refractivity contribution in [3.8, 4) is 0 Å². The standard InChI is InChI=1S/C20H26O5/c1-5-12-19(3)16-15(24-18(22-4)20(19,21)6-2)13-23-17(25-16)14-10-8-7-9-11-14/h5-11,15-18,21H,1-2,12-13H2,3-4H3/t15-,16-,17-,18+,19+,20+/m1/s1. The van der Waals surface area contributed by atoms with E-state index in [1.807, 2.05) is 37.3 Å². The van der Waals surface area contributed by atoms with Crippen LogP contribution in [0.1, 0.15) is 25.2 Å². The molecule has 2 heterocycles. The Bertz CT molecular complexity index is 618. The Balaban J connectivity index is 1.97. The summed E-state index contributed by atoms with van der Waals surface area (Å²) < 4.78 is 23.5. The molecule has 2 aliphatic heterocycles. The molecule has 0 radical (unpaired) electrons. The number of methoxy groups -OCH3 is 1. The van der Waals surface area contributed by atoms with Crippen LogP contribution >= 0.6 is 0 Å². The van der Waals surface area contributed by atoms with Crippen LogP contribution in [0.4, 0.5) is 0 Å². The lowest BCUT2D eigenvalue weighted by Gasteiger charge is -2.58. The molecule has 0 unspecified atom stereocenters. The molecule has 3 rings (SSSR count). The molecule has 5 heteroatoms. The number of hydrogen-bond acceptors (Lipinski definition) is 5. The van der Waals surface area contributed by atoms with Crippen molar-refractivity contribution in [1.29, 1.82) is 0 Å². The van der Waals surface area contributed by atoms with Crippen LogP contribution in [0.15, 0.2) is 55.6 Å². The minimum atomic E-state index is -1.42. The molecule has 0 aromatic heterocycles. The van der Waals surface area contributed by atoms with Gasteiger partial charge in [-0.2, -0.15) is 0 Å². The monoisotopic (exact) mass is 346 g/mol. The Morgan fingerprint density at radius 2 is 2.00 bits per heavy atom. The lowest BCUT2D eigenvalue weighted by atomic mass is 9.63. The van der Waals surface area contributed by atoms with Crippen molar-refractivity contribution in [2.45, 2.75) is 43.7 Å². The summed E-state index contributed by atoms with van der Waals surface area (Å²) in [6, 6.07) is 9.74. The first-order valence-corrected chi connectivity index (χ1v) is 8.47. The zero-order chi connectivity index (χ0) is 18.1. The molecule has 5 nitrogen and oxygen atoms in total. The molecule has 2 aliphatic rings. The van der Waals surface area contributed by atoms with Crippen molar-refractivity contribution >= 4 is 0 Å². The van der Waals surface area contributed by atoms with Crippen molar-refractivity contribution in [3.63, 3.8) is 0 Å². The van der Waals surface area contributed by atoms with Gasteiger partial charge in [-0.05, 0) is 6.42 Å². The van der Waals surface area contributed by atoms with E-state index < -0.39 is 29.7 Å². The molecule has 2 saturated heterocycles. The second kappa shape index (κ2) is 7.02. The summed E-state index contributed by atoms with van der Waals surface area (Å²) >= 11 is 0. The van der Waals surface area contributed by atoms with Crippen molar-refractivity contribution in [2.75, 3.05) is 13.7 Å². The number of benzene rings is 1. The molecule has 0 saturated carbocycles. The zero-order valence-electron chi connectivity index (χ0n) is 14.8. The largest absolute Gasteiger partial charge is 0.380 e. The van der Waals surface area contributed by atoms with Gasteiger partial charge in [0.2, 0.25) is 0 Å². The van der Waals surface area contributed by atoms with Crippen molar-refractivity contribution < 1.29 is 24.1 Å². The number of allylic oxidation sites excluding steroid dienone is 1. The first-order chi connectivity index (χ1) is 12.0. The van der Waals surface area contributed by atoms with Crippen LogP contribution in [0.5, 0.6) is 0 Å². The molecule has 2 fully saturated rings. The van der Waals surface area contributed by atoms with E-state index in [1.54, 1.807) is 6.08 Å². The zero-order valence-corrected chi connectivity index (χ0v) is 14.8. The van der Waals surface area contributed by atoms with Gasteiger partial charge in [-0.3, -0.25) is 0 Å². The minimum absolute atomic E-state index is 0.351. The lowest BCUT2D eigenvalue weighted by Crippen LogP contribution is -2.70. The second-order valence-electron chi connectivity index (χ2n) is 6.81. The fraction of sp³-hybridized carbons (Fsp3) is 0.500. The third-order valence-electron chi connectivity index (χ3n) is 5.39. The fourth-order valence-electron chi connectivity index (χ4n) is 3.89. The topological polar surface area (TPSA) is 57.2 Å². The van der Waals surface area contributed by atoms with Gasteiger partial charge in [0.15, 0.2) is 12.6 Å². The average Bonchev–Trinajstić information content (AvgIpc) is 2.65. The highest BCUT2D eigenvalue weighted by Crippen LogP contribution is 2.52. The lowest BCUT2D eigenvalue weighted by molar-refractivity contribution is -0.387. The first-order valence-electron chi connectivity index (χ1n) is 8.47. The smallest absolute Gasteiger partial charge is 0.190 e. The average molecular weight is 346 g/mol. The van der Waals surface area contributed by atoms with Gasteiger partial charge in [-0.15, -0.1) is 13.2 Å². The van der Waals surface area contributed by atoms with Gasteiger partial charge in [0.25, 0.3) is 0 Å². The summed E-state index contributed by atoms with van der Waals surface area (Å²) in [7, 11) is 1.51. The summed E-state index contributed by atoms with van der Waals surface area (Å²) in [5, 5.41) is 11.3. The van der Waals surface area contributed by atoms with Crippen LogP contribution in [0.25, 0.3) is 0 Å². The summed E-state index contributed by atoms with van der Waals surface area (Å²) in [5.41, 5.74) is -1.22. The number of rotatable bonds is 5. The van der Waals surface area contributed by atoms with Crippen LogP contribution in [0.3, 0.4) is 0 Å². The van der Waals surface area contributed by atoms with Gasteiger partial charge in [-0.25, -0.2) is 0 Å². The maximum atomic E-state index is 11.3. The van der Waals surface area contributed by atoms with Crippen LogP contribution < -0.4 is 0 Å². The first kappa shape index (κ1) is 18.3. The molecule has 1 N–H and O–H groups in total. The maximum Gasteiger partial charge on any atom is 0.190 e. The molecule has 0 bridgehead atoms. The van der Waals surface area contributed by atoms with Gasteiger partial charge in [0, 0.05) is 18.1 Å². The Morgan fingerprint density at radius 3 is 2.60 bits per heavy atom. The van der Waals surface area contributed by atoms with E-state index in [0.29, 0.717) is 13.0 Å². The Morgan fingerprint density at radius 1 is 1.28 bits per heavy atom. The van der Waals surface area contributed by atoms with E-state index >= 15 is 0 Å². The predicted octanol–water partition coefficient (Wildman–Crippen LogP) is 2.97. The summed E-state index contributed by atoms with van der Waals surface area (Å²) in [4.78, 5) is 0. The van der Waals surface area contributed by atoms with Gasteiger partial charge in [-0.1, -0.05) is 49.4 Å². The van der Waals surface area contributed by atoms with Crippen molar-refractivity contribution in [1.82, 2.24) is 0 Å². The molecule has 1 aromatic rings. The van der Waals surface area contributed by atoms with E-state index in [4.69, 9.17) is 18.9 Å². The van der Waals surface area contributed by atoms with Gasteiger partial charge in [0.1, 0.15) is 11.7 Å². The molecule has 6 atom stereocenters. The van der Waals surface area contributed by atoms with E-state index in [-0.39, 0.29) is 6.10 Å². The highest BCUT2D eigenvalue weighted by molar-refractivity contribution is 5.20. The highest BCUT2D eigenvalue weighted by Gasteiger charge is 2.63. The normalized spacial score (nSPS) is 40.9. The molecule has 0 amide bonds. The summed E-state index contributed by atoms with van der Waals surface area (Å²) in [6.07, 6.45) is 1.66. The van der Waals surface area contributed by atoms with Crippen LogP contribution in [0, 0.1) is 5.41 Å². The van der Waals surface area contributed by atoms with E-state index in [0.717, 1.165) is 5.56 Å².